The molecular formula is C11H18ClN5. The largest absolute Gasteiger partial charge is 0.382 e. The van der Waals surface area contributed by atoms with Crippen molar-refractivity contribution in [2.75, 3.05) is 37.3 Å². The molecule has 6 heteroatoms. The molecule has 1 saturated heterocycles. The Hall–Kier alpha value is -1.07. The smallest absolute Gasteiger partial charge is 0.153 e. The first kappa shape index (κ1) is 12.4. The van der Waals surface area contributed by atoms with Gasteiger partial charge in [0.2, 0.25) is 0 Å². The lowest BCUT2D eigenvalue weighted by Gasteiger charge is -2.45. The monoisotopic (exact) mass is 255 g/mol. The summed E-state index contributed by atoms with van der Waals surface area (Å²) in [6, 6.07) is 0. The van der Waals surface area contributed by atoms with Gasteiger partial charge in [-0.3, -0.25) is 4.90 Å². The Balaban J connectivity index is 2.27. The third kappa shape index (κ3) is 2.30. The molecule has 2 heterocycles. The molecule has 0 atom stereocenters. The Morgan fingerprint density at radius 1 is 1.35 bits per heavy atom. The Labute approximate surface area is 107 Å². The molecule has 5 nitrogen and oxygen atoms in total. The number of piperazine rings is 1. The maximum Gasteiger partial charge on any atom is 0.153 e. The lowest BCUT2D eigenvalue weighted by Crippen LogP contribution is -2.58. The van der Waals surface area contributed by atoms with Crippen LogP contribution in [-0.4, -0.2) is 47.1 Å². The SMILES string of the molecule is CN1CCN(c2ncnc(N)c2Cl)CC1(C)C. The standard InChI is InChI=1S/C11H18ClN5/c1-11(2)6-17(5-4-16(11)3)10-8(12)9(13)14-7-15-10/h7H,4-6H2,1-3H3,(H2,13,14,15). The predicted molar refractivity (Wildman–Crippen MR) is 70.4 cm³/mol. The van der Waals surface area contributed by atoms with Crippen LogP contribution in [0.5, 0.6) is 0 Å². The highest BCUT2D eigenvalue weighted by Gasteiger charge is 2.32. The lowest BCUT2D eigenvalue weighted by atomic mass is 10.00. The van der Waals surface area contributed by atoms with Gasteiger partial charge >= 0.3 is 0 Å². The number of halogens is 1. The summed E-state index contributed by atoms with van der Waals surface area (Å²) in [5.41, 5.74) is 5.80. The summed E-state index contributed by atoms with van der Waals surface area (Å²) in [6.07, 6.45) is 1.46. The zero-order valence-electron chi connectivity index (χ0n) is 10.4. The predicted octanol–water partition coefficient (Wildman–Crippen LogP) is 1.24. The van der Waals surface area contributed by atoms with E-state index in [0.717, 1.165) is 25.5 Å². The highest BCUT2D eigenvalue weighted by molar-refractivity contribution is 6.35. The summed E-state index contributed by atoms with van der Waals surface area (Å²) in [5, 5.41) is 0.452. The van der Waals surface area contributed by atoms with Gasteiger partial charge in [0.15, 0.2) is 5.82 Å². The molecule has 0 saturated carbocycles. The molecule has 17 heavy (non-hydrogen) atoms. The first-order valence-electron chi connectivity index (χ1n) is 5.64. The van der Waals surface area contributed by atoms with E-state index in [-0.39, 0.29) is 5.54 Å². The van der Waals surface area contributed by atoms with Crippen LogP contribution in [0.25, 0.3) is 0 Å². The van der Waals surface area contributed by atoms with Crippen molar-refractivity contribution >= 4 is 23.2 Å². The number of nitrogens with zero attached hydrogens (tertiary/aromatic N) is 4. The number of anilines is 2. The molecule has 1 aromatic rings. The van der Waals surface area contributed by atoms with Crippen molar-refractivity contribution in [3.05, 3.63) is 11.3 Å². The zero-order valence-corrected chi connectivity index (χ0v) is 11.2. The van der Waals surface area contributed by atoms with Crippen LogP contribution < -0.4 is 10.6 Å². The highest BCUT2D eigenvalue weighted by Crippen LogP contribution is 2.30. The Kier molecular flexibility index (Phi) is 3.14. The molecule has 2 rings (SSSR count). The number of nitrogens with two attached hydrogens (primary N) is 1. The third-order valence-corrected chi connectivity index (χ3v) is 3.78. The summed E-state index contributed by atoms with van der Waals surface area (Å²) in [5.74, 6) is 1.08. The van der Waals surface area contributed by atoms with Crippen LogP contribution in [0.2, 0.25) is 5.02 Å². The average Bonchev–Trinajstić information content (AvgIpc) is 2.26. The Morgan fingerprint density at radius 3 is 2.71 bits per heavy atom. The molecule has 0 bridgehead atoms. The molecule has 0 aromatic carbocycles. The van der Waals surface area contributed by atoms with Gasteiger partial charge in [0.25, 0.3) is 0 Å². The highest BCUT2D eigenvalue weighted by atomic mass is 35.5. The molecule has 0 aliphatic carbocycles. The fourth-order valence-corrected chi connectivity index (χ4v) is 2.23. The molecule has 0 unspecified atom stereocenters. The molecule has 0 spiro atoms. The second-order valence-corrected chi connectivity index (χ2v) is 5.43. The number of hydrogen-bond acceptors (Lipinski definition) is 5. The number of rotatable bonds is 1. The summed E-state index contributed by atoms with van der Waals surface area (Å²) < 4.78 is 0. The molecular weight excluding hydrogens is 238 g/mol. The minimum atomic E-state index is 0.0985. The lowest BCUT2D eigenvalue weighted by molar-refractivity contribution is 0.138. The van der Waals surface area contributed by atoms with Crippen molar-refractivity contribution in [3.63, 3.8) is 0 Å². The number of nitrogen functional groups attached to an aromatic ring is 1. The van der Waals surface area contributed by atoms with E-state index >= 15 is 0 Å². The number of aromatic nitrogens is 2. The fraction of sp³-hybridized carbons (Fsp3) is 0.636. The van der Waals surface area contributed by atoms with Gasteiger partial charge in [-0.1, -0.05) is 11.6 Å². The molecule has 2 N–H and O–H groups in total. The van der Waals surface area contributed by atoms with Crippen LogP contribution >= 0.6 is 11.6 Å². The van der Waals surface area contributed by atoms with E-state index in [4.69, 9.17) is 17.3 Å². The summed E-state index contributed by atoms with van der Waals surface area (Å²) in [7, 11) is 2.13. The van der Waals surface area contributed by atoms with Crippen molar-refractivity contribution in [1.82, 2.24) is 14.9 Å². The van der Waals surface area contributed by atoms with Crippen LogP contribution in [0.3, 0.4) is 0 Å². The topological polar surface area (TPSA) is 58.3 Å². The molecule has 94 valence electrons. The van der Waals surface area contributed by atoms with Gasteiger partial charge in [0.1, 0.15) is 17.2 Å². The first-order valence-corrected chi connectivity index (χ1v) is 6.02. The Morgan fingerprint density at radius 2 is 2.06 bits per heavy atom. The van der Waals surface area contributed by atoms with Crippen molar-refractivity contribution < 1.29 is 0 Å². The average molecular weight is 256 g/mol. The summed E-state index contributed by atoms with van der Waals surface area (Å²) in [4.78, 5) is 12.6. The second-order valence-electron chi connectivity index (χ2n) is 5.05. The van der Waals surface area contributed by atoms with Gasteiger partial charge < -0.3 is 10.6 Å². The van der Waals surface area contributed by atoms with E-state index in [1.165, 1.54) is 6.33 Å². The third-order valence-electron chi connectivity index (χ3n) is 3.41. The zero-order chi connectivity index (χ0) is 12.6. The first-order chi connectivity index (χ1) is 7.92. The van der Waals surface area contributed by atoms with Gasteiger partial charge in [0, 0.05) is 25.2 Å². The van der Waals surface area contributed by atoms with E-state index in [2.05, 4.69) is 40.7 Å². The van der Waals surface area contributed by atoms with E-state index in [1.54, 1.807) is 0 Å². The van der Waals surface area contributed by atoms with Gasteiger partial charge in [-0.2, -0.15) is 0 Å². The van der Waals surface area contributed by atoms with Crippen LogP contribution in [0.15, 0.2) is 6.33 Å². The minimum Gasteiger partial charge on any atom is -0.382 e. The molecule has 1 aliphatic heterocycles. The van der Waals surface area contributed by atoms with Gasteiger partial charge in [-0.05, 0) is 20.9 Å². The summed E-state index contributed by atoms with van der Waals surface area (Å²) >= 11 is 6.15. The van der Waals surface area contributed by atoms with E-state index < -0.39 is 0 Å². The molecule has 1 aliphatic rings. The van der Waals surface area contributed by atoms with Crippen LogP contribution in [0.4, 0.5) is 11.6 Å². The molecule has 1 fully saturated rings. The number of likely N-dealkylation sites (N-methyl/N-ethyl adjacent to an activating group) is 1. The van der Waals surface area contributed by atoms with Crippen molar-refractivity contribution in [3.8, 4) is 0 Å². The quantitative estimate of drug-likeness (QED) is 0.818. The van der Waals surface area contributed by atoms with E-state index in [1.807, 2.05) is 0 Å². The summed E-state index contributed by atoms with van der Waals surface area (Å²) in [6.45, 7) is 7.16. The van der Waals surface area contributed by atoms with Crippen LogP contribution in [-0.2, 0) is 0 Å². The maximum atomic E-state index is 6.15. The number of hydrogen-bond donors (Lipinski definition) is 1. The van der Waals surface area contributed by atoms with Gasteiger partial charge in [-0.25, -0.2) is 9.97 Å². The fourth-order valence-electron chi connectivity index (χ4n) is 2.02. The van der Waals surface area contributed by atoms with Crippen molar-refractivity contribution in [1.29, 1.82) is 0 Å². The minimum absolute atomic E-state index is 0.0985. The van der Waals surface area contributed by atoms with Crippen molar-refractivity contribution in [2.45, 2.75) is 19.4 Å². The van der Waals surface area contributed by atoms with Gasteiger partial charge in [-0.15, -0.1) is 0 Å². The van der Waals surface area contributed by atoms with E-state index in [9.17, 15) is 0 Å². The normalized spacial score (nSPS) is 20.6. The van der Waals surface area contributed by atoms with Crippen LogP contribution in [0.1, 0.15) is 13.8 Å². The second kappa shape index (κ2) is 4.31. The molecule has 1 aromatic heterocycles. The van der Waals surface area contributed by atoms with E-state index in [0.29, 0.717) is 10.8 Å². The molecule has 0 amide bonds. The molecule has 0 radical (unpaired) electrons. The van der Waals surface area contributed by atoms with Gasteiger partial charge in [0.05, 0.1) is 0 Å². The maximum absolute atomic E-state index is 6.15. The van der Waals surface area contributed by atoms with Crippen LogP contribution in [0, 0.1) is 0 Å². The Bertz CT molecular complexity index is 420. The van der Waals surface area contributed by atoms with Crippen molar-refractivity contribution in [2.24, 2.45) is 0 Å².